The molecule has 3 atom stereocenters. The topological polar surface area (TPSA) is 92.4 Å². The number of oxime groups is 1. The summed E-state index contributed by atoms with van der Waals surface area (Å²) in [6.07, 6.45) is 1.33. The molecule has 1 aliphatic heterocycles. The van der Waals surface area contributed by atoms with Gasteiger partial charge in [-0.05, 0) is 51.2 Å². The van der Waals surface area contributed by atoms with Crippen molar-refractivity contribution < 1.29 is 24.0 Å². The van der Waals surface area contributed by atoms with Crippen LogP contribution in [-0.4, -0.2) is 43.4 Å². The van der Waals surface area contributed by atoms with E-state index in [1.54, 1.807) is 14.0 Å². The van der Waals surface area contributed by atoms with Crippen molar-refractivity contribution in [3.8, 4) is 5.75 Å². The minimum Gasteiger partial charge on any atom is -0.496 e. The molecule has 8 nitrogen and oxygen atoms in total. The number of fused-ring (bicyclic) bond motifs is 3. The third kappa shape index (κ3) is 3.46. The molecule has 3 unspecified atom stereocenters. The zero-order valence-electron chi connectivity index (χ0n) is 17.1. The molecule has 1 saturated heterocycles. The summed E-state index contributed by atoms with van der Waals surface area (Å²) >= 11 is 0. The first-order valence-electron chi connectivity index (χ1n) is 9.74. The van der Waals surface area contributed by atoms with E-state index in [1.807, 2.05) is 20.8 Å². The average molecular weight is 392 g/mol. The van der Waals surface area contributed by atoms with Gasteiger partial charge in [-0.25, -0.2) is 0 Å². The van der Waals surface area contributed by atoms with Crippen LogP contribution in [0, 0.1) is 24.0 Å². The van der Waals surface area contributed by atoms with E-state index in [-0.39, 0.29) is 22.6 Å². The van der Waals surface area contributed by atoms with Crippen LogP contribution in [0.2, 0.25) is 0 Å². The first-order chi connectivity index (χ1) is 13.4. The number of nitro groups is 1. The van der Waals surface area contributed by atoms with Crippen LogP contribution in [0.15, 0.2) is 5.16 Å². The first kappa shape index (κ1) is 20.5. The van der Waals surface area contributed by atoms with Crippen LogP contribution in [0.5, 0.6) is 5.75 Å². The minimum absolute atomic E-state index is 0.0709. The van der Waals surface area contributed by atoms with Gasteiger partial charge in [-0.15, -0.1) is 0 Å². The van der Waals surface area contributed by atoms with Crippen LogP contribution in [0.1, 0.15) is 54.9 Å². The van der Waals surface area contributed by atoms with Gasteiger partial charge in [0.1, 0.15) is 18.1 Å². The highest BCUT2D eigenvalue weighted by atomic mass is 16.7. The SMILES string of the molecule is CCON=C(CC)C1OCC2c3c(C)c(OC)c(C)c([N+](=O)[O-])c3CCC2O1. The molecular weight excluding hydrogens is 364 g/mol. The molecule has 1 fully saturated rings. The van der Waals surface area contributed by atoms with Crippen LogP contribution in [0.3, 0.4) is 0 Å². The summed E-state index contributed by atoms with van der Waals surface area (Å²) in [6, 6.07) is 0. The average Bonchev–Trinajstić information content (AvgIpc) is 2.68. The third-order valence-electron chi connectivity index (χ3n) is 5.61. The maximum absolute atomic E-state index is 11.8. The highest BCUT2D eigenvalue weighted by molar-refractivity contribution is 5.87. The molecule has 1 aromatic carbocycles. The van der Waals surface area contributed by atoms with Crippen molar-refractivity contribution >= 4 is 11.4 Å². The van der Waals surface area contributed by atoms with Crippen LogP contribution in [-0.2, 0) is 20.7 Å². The second-order valence-corrected chi connectivity index (χ2v) is 7.12. The van der Waals surface area contributed by atoms with E-state index in [1.165, 1.54) is 0 Å². The molecule has 0 bridgehead atoms. The van der Waals surface area contributed by atoms with Crippen molar-refractivity contribution in [2.24, 2.45) is 5.16 Å². The zero-order chi connectivity index (χ0) is 20.4. The van der Waals surface area contributed by atoms with E-state index in [9.17, 15) is 10.1 Å². The molecule has 0 saturated carbocycles. The van der Waals surface area contributed by atoms with Gasteiger partial charge >= 0.3 is 0 Å². The Kier molecular flexibility index (Phi) is 6.20. The Labute approximate surface area is 164 Å². The van der Waals surface area contributed by atoms with Crippen molar-refractivity contribution in [1.82, 2.24) is 0 Å². The molecule has 8 heteroatoms. The summed E-state index contributed by atoms with van der Waals surface area (Å²) in [5, 5.41) is 15.9. The van der Waals surface area contributed by atoms with Crippen molar-refractivity contribution in [3.05, 3.63) is 32.4 Å². The van der Waals surface area contributed by atoms with Gasteiger partial charge in [-0.3, -0.25) is 10.1 Å². The lowest BCUT2D eigenvalue weighted by Crippen LogP contribution is -2.45. The summed E-state index contributed by atoms with van der Waals surface area (Å²) in [4.78, 5) is 16.6. The number of nitrogens with zero attached hydrogens (tertiary/aromatic N) is 2. The fourth-order valence-corrected chi connectivity index (χ4v) is 4.41. The smallest absolute Gasteiger partial charge is 0.279 e. The number of hydrogen-bond donors (Lipinski definition) is 0. The second-order valence-electron chi connectivity index (χ2n) is 7.12. The predicted octanol–water partition coefficient (Wildman–Crippen LogP) is 3.79. The van der Waals surface area contributed by atoms with Gasteiger partial charge in [0.25, 0.3) is 5.69 Å². The number of nitro benzene ring substituents is 1. The zero-order valence-corrected chi connectivity index (χ0v) is 17.1. The molecule has 0 radical (unpaired) electrons. The van der Waals surface area contributed by atoms with Gasteiger partial charge in [0.15, 0.2) is 0 Å². The molecular formula is C20H28N2O6. The lowest BCUT2D eigenvalue weighted by atomic mass is 9.76. The van der Waals surface area contributed by atoms with Gasteiger partial charge in [-0.2, -0.15) is 0 Å². The highest BCUT2D eigenvalue weighted by Crippen LogP contribution is 2.47. The Morgan fingerprint density at radius 2 is 2.07 bits per heavy atom. The van der Waals surface area contributed by atoms with Crippen molar-refractivity contribution in [1.29, 1.82) is 0 Å². The van der Waals surface area contributed by atoms with Crippen molar-refractivity contribution in [3.63, 3.8) is 0 Å². The van der Waals surface area contributed by atoms with E-state index in [2.05, 4.69) is 5.16 Å². The lowest BCUT2D eigenvalue weighted by molar-refractivity contribution is -0.386. The molecule has 1 heterocycles. The first-order valence-corrected chi connectivity index (χ1v) is 9.74. The number of hydrogen-bond acceptors (Lipinski definition) is 7. The molecule has 1 aliphatic carbocycles. The van der Waals surface area contributed by atoms with Crippen molar-refractivity contribution in [2.75, 3.05) is 20.3 Å². The Morgan fingerprint density at radius 3 is 2.68 bits per heavy atom. The summed E-state index contributed by atoms with van der Waals surface area (Å²) in [5.74, 6) is 0.499. The molecule has 1 aromatic rings. The van der Waals surface area contributed by atoms with Crippen LogP contribution in [0.25, 0.3) is 0 Å². The summed E-state index contributed by atoms with van der Waals surface area (Å²) in [6.45, 7) is 8.46. The van der Waals surface area contributed by atoms with Crippen LogP contribution in [0.4, 0.5) is 5.69 Å². The molecule has 0 N–H and O–H groups in total. The molecule has 3 rings (SSSR count). The molecule has 154 valence electrons. The molecule has 2 aliphatic rings. The fraction of sp³-hybridized carbons (Fsp3) is 0.650. The fourth-order valence-electron chi connectivity index (χ4n) is 4.41. The van der Waals surface area contributed by atoms with Gasteiger partial charge in [0, 0.05) is 11.5 Å². The van der Waals surface area contributed by atoms with E-state index in [4.69, 9.17) is 19.0 Å². The third-order valence-corrected chi connectivity index (χ3v) is 5.61. The standard InChI is InChI=1S/C20H28N2O6/c1-6-15(21-27-7-2)20-26-10-14-16(28-20)9-8-13-17(14)11(3)19(25-5)12(4)18(13)22(23)24/h14,16,20H,6-10H2,1-5H3. The van der Waals surface area contributed by atoms with E-state index in [0.29, 0.717) is 43.8 Å². The summed E-state index contributed by atoms with van der Waals surface area (Å²) in [7, 11) is 1.55. The van der Waals surface area contributed by atoms with Gasteiger partial charge in [-0.1, -0.05) is 12.1 Å². The van der Waals surface area contributed by atoms with Gasteiger partial charge < -0.3 is 19.0 Å². The quantitative estimate of drug-likeness (QED) is 0.415. The van der Waals surface area contributed by atoms with E-state index >= 15 is 0 Å². The lowest BCUT2D eigenvalue weighted by Gasteiger charge is -2.41. The Balaban J connectivity index is 1.98. The Morgan fingerprint density at radius 1 is 1.32 bits per heavy atom. The number of methoxy groups -OCH3 is 1. The normalized spacial score (nSPS) is 24.3. The van der Waals surface area contributed by atoms with Gasteiger partial charge in [0.05, 0.1) is 30.3 Å². The number of rotatable bonds is 6. The maximum Gasteiger partial charge on any atom is 0.279 e. The number of ether oxygens (including phenoxy) is 3. The maximum atomic E-state index is 11.8. The monoisotopic (exact) mass is 392 g/mol. The van der Waals surface area contributed by atoms with Gasteiger partial charge in [0.2, 0.25) is 6.29 Å². The van der Waals surface area contributed by atoms with E-state index < -0.39 is 6.29 Å². The van der Waals surface area contributed by atoms with E-state index in [0.717, 1.165) is 22.4 Å². The number of benzene rings is 1. The highest BCUT2D eigenvalue weighted by Gasteiger charge is 2.43. The summed E-state index contributed by atoms with van der Waals surface area (Å²) < 4.78 is 17.7. The molecule has 0 spiro atoms. The largest absolute Gasteiger partial charge is 0.496 e. The Bertz CT molecular complexity index is 792. The Hall–Kier alpha value is -2.19. The molecule has 0 aromatic heterocycles. The molecule has 0 amide bonds. The second kappa shape index (κ2) is 8.45. The minimum atomic E-state index is -0.540. The van der Waals surface area contributed by atoms with Crippen LogP contribution >= 0.6 is 0 Å². The predicted molar refractivity (Wildman–Crippen MR) is 104 cm³/mol. The molecule has 28 heavy (non-hydrogen) atoms. The summed E-state index contributed by atoms with van der Waals surface area (Å²) in [5.41, 5.74) is 4.10. The van der Waals surface area contributed by atoms with Crippen molar-refractivity contribution in [2.45, 2.75) is 65.3 Å². The van der Waals surface area contributed by atoms with Crippen LogP contribution < -0.4 is 4.74 Å².